The first-order valence-electron chi connectivity index (χ1n) is 7.23. The minimum Gasteiger partial charge on any atom is -0.324 e. The van der Waals surface area contributed by atoms with Crippen LogP contribution in [0.4, 0.5) is 0 Å². The topological polar surface area (TPSA) is 42.2 Å². The van der Waals surface area contributed by atoms with Crippen molar-refractivity contribution in [3.05, 3.63) is 64.4 Å². The van der Waals surface area contributed by atoms with Crippen molar-refractivity contribution in [1.29, 1.82) is 0 Å². The van der Waals surface area contributed by atoms with Crippen molar-refractivity contribution in [3.8, 4) is 0 Å². The van der Waals surface area contributed by atoms with Gasteiger partial charge in [0.15, 0.2) is 0 Å². The molecule has 0 amide bonds. The number of nitrogens with two attached hydrogens (primary N) is 1. The molecule has 0 bridgehead atoms. The quantitative estimate of drug-likeness (QED) is 0.834. The van der Waals surface area contributed by atoms with Gasteiger partial charge < -0.3 is 10.6 Å². The van der Waals surface area contributed by atoms with Crippen LogP contribution < -0.4 is 5.73 Å². The zero-order valence-corrected chi connectivity index (χ0v) is 14.0. The van der Waals surface area contributed by atoms with Crippen molar-refractivity contribution in [2.45, 2.75) is 18.9 Å². The molecule has 2 rings (SSSR count). The summed E-state index contributed by atoms with van der Waals surface area (Å²) in [6.45, 7) is 2.04. The van der Waals surface area contributed by atoms with Crippen LogP contribution >= 0.6 is 15.9 Å². The molecule has 0 saturated heterocycles. The Kier molecular flexibility index (Phi) is 6.36. The standard InChI is InChI=1S/C17H22BrN3/c1-21(12-8-14-6-10-20-11-7-14)13-9-17(19)15-2-4-16(18)5-3-15/h2-7,10-11,17H,8-9,12-13,19H2,1H3. The maximum absolute atomic E-state index is 6.25. The van der Waals surface area contributed by atoms with Crippen LogP contribution in [-0.2, 0) is 6.42 Å². The van der Waals surface area contributed by atoms with Crippen LogP contribution in [0.1, 0.15) is 23.6 Å². The third kappa shape index (κ3) is 5.58. The SMILES string of the molecule is CN(CCc1ccncc1)CCC(N)c1ccc(Br)cc1. The number of likely N-dealkylation sites (N-methyl/N-ethyl adjacent to an activating group) is 1. The molecule has 0 saturated carbocycles. The molecule has 1 atom stereocenters. The Balaban J connectivity index is 1.73. The number of rotatable bonds is 7. The summed E-state index contributed by atoms with van der Waals surface area (Å²) >= 11 is 3.45. The summed E-state index contributed by atoms with van der Waals surface area (Å²) in [7, 11) is 2.15. The van der Waals surface area contributed by atoms with E-state index in [2.05, 4.69) is 57.1 Å². The summed E-state index contributed by atoms with van der Waals surface area (Å²) in [5, 5.41) is 0. The molecule has 4 heteroatoms. The molecule has 21 heavy (non-hydrogen) atoms. The monoisotopic (exact) mass is 347 g/mol. The van der Waals surface area contributed by atoms with Gasteiger partial charge in [-0.05, 0) is 61.8 Å². The van der Waals surface area contributed by atoms with Gasteiger partial charge in [-0.15, -0.1) is 0 Å². The van der Waals surface area contributed by atoms with Crippen molar-refractivity contribution in [2.75, 3.05) is 20.1 Å². The molecule has 1 unspecified atom stereocenters. The lowest BCUT2D eigenvalue weighted by atomic mass is 10.0. The van der Waals surface area contributed by atoms with Crippen LogP contribution in [0.2, 0.25) is 0 Å². The lowest BCUT2D eigenvalue weighted by molar-refractivity contribution is 0.322. The maximum atomic E-state index is 6.25. The lowest BCUT2D eigenvalue weighted by Crippen LogP contribution is -2.25. The minimum atomic E-state index is 0.0986. The van der Waals surface area contributed by atoms with Crippen molar-refractivity contribution >= 4 is 15.9 Å². The number of aromatic nitrogens is 1. The van der Waals surface area contributed by atoms with Gasteiger partial charge in [0.2, 0.25) is 0 Å². The molecular weight excluding hydrogens is 326 g/mol. The second-order valence-electron chi connectivity index (χ2n) is 5.36. The molecule has 0 aliphatic rings. The van der Waals surface area contributed by atoms with Gasteiger partial charge in [-0.1, -0.05) is 28.1 Å². The molecule has 0 fully saturated rings. The zero-order valence-electron chi connectivity index (χ0n) is 12.4. The first-order chi connectivity index (χ1) is 10.1. The molecule has 1 aromatic carbocycles. The van der Waals surface area contributed by atoms with Gasteiger partial charge >= 0.3 is 0 Å². The fourth-order valence-corrected chi connectivity index (χ4v) is 2.48. The minimum absolute atomic E-state index is 0.0986. The van der Waals surface area contributed by atoms with E-state index >= 15 is 0 Å². The van der Waals surface area contributed by atoms with E-state index in [0.29, 0.717) is 0 Å². The Labute approximate surface area is 135 Å². The highest BCUT2D eigenvalue weighted by molar-refractivity contribution is 9.10. The van der Waals surface area contributed by atoms with Crippen LogP contribution in [0, 0.1) is 0 Å². The second kappa shape index (κ2) is 8.27. The summed E-state index contributed by atoms with van der Waals surface area (Å²) in [4.78, 5) is 6.37. The third-order valence-electron chi connectivity index (χ3n) is 3.65. The lowest BCUT2D eigenvalue weighted by Gasteiger charge is -2.19. The Bertz CT molecular complexity index is 527. The first kappa shape index (κ1) is 16.1. The van der Waals surface area contributed by atoms with E-state index < -0.39 is 0 Å². The Morgan fingerprint density at radius 1 is 1.10 bits per heavy atom. The van der Waals surface area contributed by atoms with Gasteiger partial charge in [0, 0.05) is 29.5 Å². The third-order valence-corrected chi connectivity index (χ3v) is 4.18. The van der Waals surface area contributed by atoms with Gasteiger partial charge in [-0.3, -0.25) is 4.98 Å². The number of halogens is 1. The maximum Gasteiger partial charge on any atom is 0.0307 e. The average molecular weight is 348 g/mol. The Morgan fingerprint density at radius 3 is 2.43 bits per heavy atom. The number of benzene rings is 1. The van der Waals surface area contributed by atoms with Crippen LogP contribution in [0.3, 0.4) is 0 Å². The molecule has 2 N–H and O–H groups in total. The molecule has 0 radical (unpaired) electrons. The number of hydrogen-bond donors (Lipinski definition) is 1. The molecule has 0 spiro atoms. The number of pyridine rings is 1. The molecular formula is C17H22BrN3. The zero-order chi connectivity index (χ0) is 15.1. The van der Waals surface area contributed by atoms with Crippen molar-refractivity contribution < 1.29 is 0 Å². The van der Waals surface area contributed by atoms with E-state index in [1.54, 1.807) is 0 Å². The predicted octanol–water partition coefficient (Wildman–Crippen LogP) is 3.41. The van der Waals surface area contributed by atoms with Crippen LogP contribution in [0.25, 0.3) is 0 Å². The molecule has 112 valence electrons. The van der Waals surface area contributed by atoms with Crippen LogP contribution in [-0.4, -0.2) is 30.0 Å². The number of hydrogen-bond acceptors (Lipinski definition) is 3. The van der Waals surface area contributed by atoms with Crippen molar-refractivity contribution in [3.63, 3.8) is 0 Å². The highest BCUT2D eigenvalue weighted by Crippen LogP contribution is 2.17. The summed E-state index contributed by atoms with van der Waals surface area (Å²) in [5.41, 5.74) is 8.77. The smallest absolute Gasteiger partial charge is 0.0307 e. The molecule has 0 aliphatic carbocycles. The Hall–Kier alpha value is -1.23. The van der Waals surface area contributed by atoms with Gasteiger partial charge in [-0.2, -0.15) is 0 Å². The predicted molar refractivity (Wildman–Crippen MR) is 91.1 cm³/mol. The van der Waals surface area contributed by atoms with E-state index in [1.807, 2.05) is 24.5 Å². The van der Waals surface area contributed by atoms with Crippen LogP contribution in [0.5, 0.6) is 0 Å². The van der Waals surface area contributed by atoms with E-state index in [1.165, 1.54) is 11.1 Å². The molecule has 3 nitrogen and oxygen atoms in total. The summed E-state index contributed by atoms with van der Waals surface area (Å²) in [6, 6.07) is 12.5. The largest absolute Gasteiger partial charge is 0.324 e. The summed E-state index contributed by atoms with van der Waals surface area (Å²) in [5.74, 6) is 0. The molecule has 1 aromatic heterocycles. The molecule has 2 aromatic rings. The van der Waals surface area contributed by atoms with Crippen LogP contribution in [0.15, 0.2) is 53.3 Å². The Morgan fingerprint density at radius 2 is 1.76 bits per heavy atom. The fraction of sp³-hybridized carbons (Fsp3) is 0.353. The average Bonchev–Trinajstić information content (AvgIpc) is 2.52. The second-order valence-corrected chi connectivity index (χ2v) is 6.27. The highest BCUT2D eigenvalue weighted by Gasteiger charge is 2.07. The normalized spacial score (nSPS) is 12.6. The van der Waals surface area contributed by atoms with Crippen molar-refractivity contribution in [2.24, 2.45) is 5.73 Å². The van der Waals surface area contributed by atoms with Gasteiger partial charge in [0.25, 0.3) is 0 Å². The molecule has 1 heterocycles. The fourth-order valence-electron chi connectivity index (χ4n) is 2.22. The van der Waals surface area contributed by atoms with Crippen molar-refractivity contribution in [1.82, 2.24) is 9.88 Å². The summed E-state index contributed by atoms with van der Waals surface area (Å²) in [6.07, 6.45) is 5.71. The van der Waals surface area contributed by atoms with E-state index in [9.17, 15) is 0 Å². The highest BCUT2D eigenvalue weighted by atomic mass is 79.9. The van der Waals surface area contributed by atoms with Gasteiger partial charge in [0.05, 0.1) is 0 Å². The van der Waals surface area contributed by atoms with Gasteiger partial charge in [-0.25, -0.2) is 0 Å². The number of nitrogens with zero attached hydrogens (tertiary/aromatic N) is 2. The van der Waals surface area contributed by atoms with Gasteiger partial charge in [0.1, 0.15) is 0 Å². The molecule has 0 aliphatic heterocycles. The van der Waals surface area contributed by atoms with E-state index in [4.69, 9.17) is 5.73 Å². The van der Waals surface area contributed by atoms with E-state index in [0.717, 1.165) is 30.4 Å². The van der Waals surface area contributed by atoms with E-state index in [-0.39, 0.29) is 6.04 Å². The summed E-state index contributed by atoms with van der Waals surface area (Å²) < 4.78 is 1.09. The first-order valence-corrected chi connectivity index (χ1v) is 8.03.